The molecule has 0 aliphatic heterocycles. The van der Waals surface area contributed by atoms with Crippen molar-refractivity contribution in [2.75, 3.05) is 13.7 Å². The molecule has 0 aliphatic rings. The van der Waals surface area contributed by atoms with Crippen molar-refractivity contribution in [3.05, 3.63) is 33.8 Å². The zero-order valence-electron chi connectivity index (χ0n) is 9.01. The minimum atomic E-state index is -1.22. The van der Waals surface area contributed by atoms with Crippen molar-refractivity contribution >= 4 is 15.9 Å². The third-order valence-corrected chi connectivity index (χ3v) is 2.96. The first-order valence-electron chi connectivity index (χ1n) is 4.79. The third kappa shape index (κ3) is 2.78. The van der Waals surface area contributed by atoms with Gasteiger partial charge in [0, 0.05) is 13.0 Å². The van der Waals surface area contributed by atoms with E-state index in [0.29, 0.717) is 0 Å². The fraction of sp³-hybridized carbons (Fsp3) is 0.455. The van der Waals surface area contributed by atoms with Crippen LogP contribution < -0.4 is 0 Å². The number of aliphatic hydroxyl groups is 1. The van der Waals surface area contributed by atoms with Gasteiger partial charge in [0.05, 0.1) is 22.7 Å². The van der Waals surface area contributed by atoms with Gasteiger partial charge in [-0.1, -0.05) is 6.92 Å². The molecule has 1 aromatic rings. The lowest BCUT2D eigenvalue weighted by molar-refractivity contribution is 0.0521. The lowest BCUT2D eigenvalue weighted by Crippen LogP contribution is -2.17. The Morgan fingerprint density at radius 1 is 1.44 bits per heavy atom. The Balaban J connectivity index is 3.07. The highest BCUT2D eigenvalue weighted by Gasteiger charge is 2.24. The standard InChI is InChI=1S/C11H13BrF2O2/c1-6(5-16-2)11(15)9-8(13)4-3-7(12)10(9)14/h3-4,6,11,15H,5H2,1-2H3. The molecule has 0 saturated carbocycles. The summed E-state index contributed by atoms with van der Waals surface area (Å²) in [6.45, 7) is 1.89. The van der Waals surface area contributed by atoms with Gasteiger partial charge in [-0.25, -0.2) is 8.78 Å². The van der Waals surface area contributed by atoms with Crippen LogP contribution in [0.3, 0.4) is 0 Å². The molecule has 2 nitrogen and oxygen atoms in total. The first-order chi connectivity index (χ1) is 7.49. The quantitative estimate of drug-likeness (QED) is 0.865. The van der Waals surface area contributed by atoms with Crippen LogP contribution in [0.2, 0.25) is 0 Å². The number of rotatable bonds is 4. The van der Waals surface area contributed by atoms with Crippen LogP contribution >= 0.6 is 15.9 Å². The van der Waals surface area contributed by atoms with Gasteiger partial charge in [0.2, 0.25) is 0 Å². The molecular formula is C11H13BrF2O2. The summed E-state index contributed by atoms with van der Waals surface area (Å²) in [6, 6.07) is 2.38. The summed E-state index contributed by atoms with van der Waals surface area (Å²) in [7, 11) is 1.47. The van der Waals surface area contributed by atoms with E-state index in [1.54, 1.807) is 6.92 Å². The highest BCUT2D eigenvalue weighted by Crippen LogP contribution is 2.30. The first-order valence-corrected chi connectivity index (χ1v) is 5.58. The van der Waals surface area contributed by atoms with Gasteiger partial charge in [-0.3, -0.25) is 0 Å². The van der Waals surface area contributed by atoms with Gasteiger partial charge in [-0.15, -0.1) is 0 Å². The van der Waals surface area contributed by atoms with E-state index >= 15 is 0 Å². The van der Waals surface area contributed by atoms with E-state index in [-0.39, 0.29) is 22.6 Å². The molecule has 0 aliphatic carbocycles. The molecule has 0 bridgehead atoms. The highest BCUT2D eigenvalue weighted by atomic mass is 79.9. The molecule has 0 amide bonds. The topological polar surface area (TPSA) is 29.5 Å². The smallest absolute Gasteiger partial charge is 0.146 e. The van der Waals surface area contributed by atoms with E-state index in [1.807, 2.05) is 0 Å². The summed E-state index contributed by atoms with van der Waals surface area (Å²) in [5, 5.41) is 9.83. The average Bonchev–Trinajstić information content (AvgIpc) is 2.24. The molecule has 5 heteroatoms. The van der Waals surface area contributed by atoms with Gasteiger partial charge in [-0.05, 0) is 28.1 Å². The monoisotopic (exact) mass is 294 g/mol. The van der Waals surface area contributed by atoms with Crippen LogP contribution in [-0.2, 0) is 4.74 Å². The van der Waals surface area contributed by atoms with Crippen molar-refractivity contribution in [3.63, 3.8) is 0 Å². The lowest BCUT2D eigenvalue weighted by Gasteiger charge is -2.19. The van der Waals surface area contributed by atoms with Crippen LogP contribution in [0, 0.1) is 17.6 Å². The normalized spacial score (nSPS) is 14.9. The van der Waals surface area contributed by atoms with Crippen LogP contribution in [0.15, 0.2) is 16.6 Å². The molecule has 0 radical (unpaired) electrons. The Morgan fingerprint density at radius 3 is 2.62 bits per heavy atom. The van der Waals surface area contributed by atoms with Crippen molar-refractivity contribution in [2.24, 2.45) is 5.92 Å². The summed E-state index contributed by atoms with van der Waals surface area (Å²) in [6.07, 6.45) is -1.22. The Bertz CT molecular complexity index is 371. The van der Waals surface area contributed by atoms with E-state index in [9.17, 15) is 13.9 Å². The van der Waals surface area contributed by atoms with Crippen LogP contribution in [0.4, 0.5) is 8.78 Å². The number of ether oxygens (including phenoxy) is 1. The zero-order valence-corrected chi connectivity index (χ0v) is 10.6. The number of benzene rings is 1. The Morgan fingerprint density at radius 2 is 2.06 bits per heavy atom. The zero-order chi connectivity index (χ0) is 12.3. The van der Waals surface area contributed by atoms with Crippen LogP contribution in [0.5, 0.6) is 0 Å². The number of methoxy groups -OCH3 is 1. The van der Waals surface area contributed by atoms with Gasteiger partial charge >= 0.3 is 0 Å². The van der Waals surface area contributed by atoms with E-state index in [0.717, 1.165) is 6.07 Å². The summed E-state index contributed by atoms with van der Waals surface area (Å²) in [5.41, 5.74) is -0.320. The summed E-state index contributed by atoms with van der Waals surface area (Å²) in [5.74, 6) is -1.91. The lowest BCUT2D eigenvalue weighted by atomic mass is 9.97. The Kier molecular flexibility index (Phi) is 4.83. The van der Waals surface area contributed by atoms with E-state index in [1.165, 1.54) is 13.2 Å². The SMILES string of the molecule is COCC(C)C(O)c1c(F)ccc(Br)c1F. The van der Waals surface area contributed by atoms with Crippen molar-refractivity contribution in [3.8, 4) is 0 Å². The molecule has 16 heavy (non-hydrogen) atoms. The number of halogens is 3. The van der Waals surface area contributed by atoms with E-state index in [4.69, 9.17) is 4.74 Å². The van der Waals surface area contributed by atoms with Crippen molar-refractivity contribution < 1.29 is 18.6 Å². The maximum absolute atomic E-state index is 13.6. The maximum Gasteiger partial charge on any atom is 0.146 e. The first kappa shape index (κ1) is 13.5. The predicted octanol–water partition coefficient (Wildman–Crippen LogP) is 3.04. The Hall–Kier alpha value is -0.520. The number of hydrogen-bond donors (Lipinski definition) is 1. The van der Waals surface area contributed by atoms with Gasteiger partial charge < -0.3 is 9.84 Å². The molecule has 1 rings (SSSR count). The summed E-state index contributed by atoms with van der Waals surface area (Å²) < 4.78 is 32.0. The van der Waals surface area contributed by atoms with Gasteiger partial charge in [0.1, 0.15) is 11.6 Å². The minimum Gasteiger partial charge on any atom is -0.388 e. The molecule has 1 N–H and O–H groups in total. The van der Waals surface area contributed by atoms with Crippen molar-refractivity contribution in [1.82, 2.24) is 0 Å². The summed E-state index contributed by atoms with van der Waals surface area (Å²) >= 11 is 2.95. The third-order valence-electron chi connectivity index (χ3n) is 2.34. The molecule has 90 valence electrons. The molecule has 2 unspecified atom stereocenters. The molecule has 0 saturated heterocycles. The molecule has 0 spiro atoms. The van der Waals surface area contributed by atoms with Gasteiger partial charge in [0.25, 0.3) is 0 Å². The van der Waals surface area contributed by atoms with Crippen LogP contribution in [-0.4, -0.2) is 18.8 Å². The molecule has 1 aromatic carbocycles. The average molecular weight is 295 g/mol. The molecule has 0 fully saturated rings. The minimum absolute atomic E-state index is 0.132. The second-order valence-corrected chi connectivity index (χ2v) is 4.49. The fourth-order valence-electron chi connectivity index (χ4n) is 1.45. The second kappa shape index (κ2) is 5.70. The maximum atomic E-state index is 13.6. The number of aliphatic hydroxyl groups excluding tert-OH is 1. The molecule has 2 atom stereocenters. The van der Waals surface area contributed by atoms with Crippen molar-refractivity contribution in [1.29, 1.82) is 0 Å². The Labute approximate surface area is 101 Å². The largest absolute Gasteiger partial charge is 0.388 e. The number of hydrogen-bond acceptors (Lipinski definition) is 2. The summed E-state index contributed by atoms with van der Waals surface area (Å²) in [4.78, 5) is 0. The van der Waals surface area contributed by atoms with E-state index < -0.39 is 17.7 Å². The van der Waals surface area contributed by atoms with Crippen molar-refractivity contribution in [2.45, 2.75) is 13.0 Å². The van der Waals surface area contributed by atoms with Crippen LogP contribution in [0.1, 0.15) is 18.6 Å². The second-order valence-electron chi connectivity index (χ2n) is 3.63. The van der Waals surface area contributed by atoms with Gasteiger partial charge in [-0.2, -0.15) is 0 Å². The molecular weight excluding hydrogens is 282 g/mol. The highest BCUT2D eigenvalue weighted by molar-refractivity contribution is 9.10. The van der Waals surface area contributed by atoms with E-state index in [2.05, 4.69) is 15.9 Å². The predicted molar refractivity (Wildman–Crippen MR) is 60.1 cm³/mol. The van der Waals surface area contributed by atoms with Crippen LogP contribution in [0.25, 0.3) is 0 Å². The fourth-order valence-corrected chi connectivity index (χ4v) is 1.80. The molecule has 0 heterocycles. The molecule has 0 aromatic heterocycles. The van der Waals surface area contributed by atoms with Gasteiger partial charge in [0.15, 0.2) is 0 Å².